The maximum Gasteiger partial charge on any atom is 0.511 e. The van der Waals surface area contributed by atoms with Crippen LogP contribution >= 0.6 is 23.2 Å². The third kappa shape index (κ3) is 15.1. The fourth-order valence-electron chi connectivity index (χ4n) is 8.63. The standard InChI is InChI=1S/C48H61Cl2F3N4O8S/c49-38-14-9-35(10-15-38)47(36-11-16-39(50)17-12-36)37-13-18-42-41(32-37)43(55-40-19-23-57(24-20-40)66(60,61)48(51,52)53)33-46(56-42)65-27-3-1-2-8-45(59)54-22-5-26-62-28-21-34-6-4-7-44(34)64-31-30-63-29-25-58/h9-18,32-34,40,44,47,58H,1-8,19-31H2,(H,54,59)(H,55,56). The number of nitrogens with zero attached hydrogens (tertiary/aromatic N) is 2. The number of sulfonamides is 1. The quantitative estimate of drug-likeness (QED) is 0.0411. The van der Waals surface area contributed by atoms with Crippen LogP contribution in [0.5, 0.6) is 5.88 Å². The number of carbonyl (C=O) groups is 1. The molecule has 3 N–H and O–H groups in total. The van der Waals surface area contributed by atoms with E-state index in [1.165, 1.54) is 0 Å². The van der Waals surface area contributed by atoms with E-state index in [4.69, 9.17) is 52.2 Å². The predicted octanol–water partition coefficient (Wildman–Crippen LogP) is 9.49. The average Bonchev–Trinajstić information content (AvgIpc) is 3.75. The zero-order chi connectivity index (χ0) is 46.9. The number of nitrogens with one attached hydrogen (secondary N) is 2. The van der Waals surface area contributed by atoms with E-state index in [0.717, 1.165) is 60.6 Å². The summed E-state index contributed by atoms with van der Waals surface area (Å²) < 4.78 is 88.0. The highest BCUT2D eigenvalue weighted by molar-refractivity contribution is 7.90. The number of ether oxygens (including phenoxy) is 4. The third-order valence-corrected chi connectivity index (χ3v) is 14.2. The van der Waals surface area contributed by atoms with Crippen molar-refractivity contribution in [3.8, 4) is 5.88 Å². The number of anilines is 1. The maximum absolute atomic E-state index is 13.3. The van der Waals surface area contributed by atoms with Gasteiger partial charge in [0.1, 0.15) is 0 Å². The Bertz CT molecular complexity index is 2190. The molecule has 1 aliphatic heterocycles. The Balaban J connectivity index is 0.999. The second-order valence-electron chi connectivity index (χ2n) is 16.8. The van der Waals surface area contributed by atoms with Gasteiger partial charge in [0.15, 0.2) is 0 Å². The molecule has 1 saturated heterocycles. The second kappa shape index (κ2) is 25.6. The first kappa shape index (κ1) is 51.6. The van der Waals surface area contributed by atoms with Crippen molar-refractivity contribution in [2.45, 2.75) is 94.2 Å². The van der Waals surface area contributed by atoms with Gasteiger partial charge in [-0.2, -0.15) is 17.5 Å². The number of amides is 1. The normalized spacial score (nSPS) is 17.4. The maximum atomic E-state index is 13.3. The Kier molecular flexibility index (Phi) is 20.0. The molecule has 2 unspecified atom stereocenters. The van der Waals surface area contributed by atoms with Crippen molar-refractivity contribution >= 4 is 55.7 Å². The monoisotopic (exact) mass is 980 g/mol. The first-order valence-corrected chi connectivity index (χ1v) is 25.1. The minimum absolute atomic E-state index is 0.00711. The number of fused-ring (bicyclic) bond motifs is 1. The van der Waals surface area contributed by atoms with Gasteiger partial charge in [-0.25, -0.2) is 13.4 Å². The van der Waals surface area contributed by atoms with E-state index in [-0.39, 0.29) is 56.5 Å². The lowest BCUT2D eigenvalue weighted by Gasteiger charge is -2.32. The lowest BCUT2D eigenvalue weighted by molar-refractivity contribution is -0.121. The van der Waals surface area contributed by atoms with Gasteiger partial charge in [0.05, 0.1) is 44.7 Å². The lowest BCUT2D eigenvalue weighted by atomic mass is 9.84. The Morgan fingerprint density at radius 1 is 0.803 bits per heavy atom. The summed E-state index contributed by atoms with van der Waals surface area (Å²) in [6.07, 6.45) is 8.09. The molecule has 2 fully saturated rings. The van der Waals surface area contributed by atoms with Crippen LogP contribution in [-0.4, -0.2) is 112 Å². The summed E-state index contributed by atoms with van der Waals surface area (Å²) >= 11 is 12.5. The van der Waals surface area contributed by atoms with Gasteiger partial charge in [-0.1, -0.05) is 60.0 Å². The van der Waals surface area contributed by atoms with E-state index in [2.05, 4.69) is 10.6 Å². The third-order valence-electron chi connectivity index (χ3n) is 12.1. The fraction of sp³-hybridized carbons (Fsp3) is 0.542. The summed E-state index contributed by atoms with van der Waals surface area (Å²) in [5.74, 6) is 0.624. The SMILES string of the molecule is O=C(CCCCCOc1cc(NC2CCN(S(=O)(=O)C(F)(F)F)CC2)c2cc(C(c3ccc(Cl)cc3)c3ccc(Cl)cc3)ccc2n1)NCCCOCCC1CCCC1OCCOCCO. The van der Waals surface area contributed by atoms with Crippen molar-refractivity contribution in [2.24, 2.45) is 5.92 Å². The second-order valence-corrected chi connectivity index (χ2v) is 19.6. The van der Waals surface area contributed by atoms with Crippen molar-refractivity contribution in [1.29, 1.82) is 0 Å². The Labute approximate surface area is 395 Å². The molecule has 1 aromatic heterocycles. The van der Waals surface area contributed by atoms with Crippen LogP contribution in [0.2, 0.25) is 10.0 Å². The number of rotatable bonds is 26. The Morgan fingerprint density at radius 2 is 1.48 bits per heavy atom. The van der Waals surface area contributed by atoms with Crippen molar-refractivity contribution in [3.05, 3.63) is 99.5 Å². The average molecular weight is 982 g/mol. The smallest absolute Gasteiger partial charge is 0.478 e. The highest BCUT2D eigenvalue weighted by Crippen LogP contribution is 2.38. The van der Waals surface area contributed by atoms with Crippen LogP contribution in [0.4, 0.5) is 18.9 Å². The van der Waals surface area contributed by atoms with Crippen molar-refractivity contribution < 1.29 is 50.4 Å². The molecule has 3 aromatic carbocycles. The number of pyridine rings is 1. The highest BCUT2D eigenvalue weighted by atomic mass is 35.5. The topological polar surface area (TPSA) is 149 Å². The van der Waals surface area contributed by atoms with Crippen LogP contribution in [0, 0.1) is 5.92 Å². The molecule has 2 atom stereocenters. The number of benzene rings is 3. The van der Waals surface area contributed by atoms with E-state index < -0.39 is 15.5 Å². The van der Waals surface area contributed by atoms with Crippen molar-refractivity contribution in [1.82, 2.24) is 14.6 Å². The lowest BCUT2D eigenvalue weighted by Crippen LogP contribution is -2.47. The van der Waals surface area contributed by atoms with E-state index in [0.29, 0.717) is 103 Å². The van der Waals surface area contributed by atoms with Gasteiger partial charge < -0.3 is 34.7 Å². The number of carbonyl (C=O) groups excluding carboxylic acids is 1. The minimum atomic E-state index is -5.43. The number of aromatic nitrogens is 1. The van der Waals surface area contributed by atoms with E-state index in [9.17, 15) is 26.4 Å². The molecular formula is C48H61Cl2F3N4O8S. The first-order chi connectivity index (χ1) is 31.8. The molecule has 1 amide bonds. The number of alkyl halides is 3. The van der Waals surface area contributed by atoms with E-state index in [1.807, 2.05) is 66.7 Å². The van der Waals surface area contributed by atoms with Gasteiger partial charge in [-0.15, -0.1) is 0 Å². The summed E-state index contributed by atoms with van der Waals surface area (Å²) in [7, 11) is -5.43. The van der Waals surface area contributed by atoms with Gasteiger partial charge in [-0.3, -0.25) is 4.79 Å². The van der Waals surface area contributed by atoms with Crippen LogP contribution in [-0.2, 0) is 29.0 Å². The molecule has 6 rings (SSSR count). The van der Waals surface area contributed by atoms with Gasteiger partial charge in [-0.05, 0) is 117 Å². The van der Waals surface area contributed by atoms with Gasteiger partial charge in [0, 0.05) is 78.4 Å². The highest BCUT2D eigenvalue weighted by Gasteiger charge is 2.50. The zero-order valence-corrected chi connectivity index (χ0v) is 39.4. The number of aliphatic hydroxyl groups excluding tert-OH is 1. The van der Waals surface area contributed by atoms with E-state index in [1.54, 1.807) is 6.07 Å². The molecule has 362 valence electrons. The molecule has 1 aliphatic carbocycles. The molecule has 1 saturated carbocycles. The van der Waals surface area contributed by atoms with Crippen LogP contribution in [0.25, 0.3) is 10.9 Å². The van der Waals surface area contributed by atoms with Gasteiger partial charge >= 0.3 is 15.5 Å². The number of piperidine rings is 1. The van der Waals surface area contributed by atoms with Crippen molar-refractivity contribution in [2.75, 3.05) is 71.2 Å². The fourth-order valence-corrected chi connectivity index (χ4v) is 9.87. The molecule has 12 nitrogen and oxygen atoms in total. The molecule has 2 aliphatic rings. The summed E-state index contributed by atoms with van der Waals surface area (Å²) in [5, 5.41) is 17.3. The number of hydrogen-bond donors (Lipinski definition) is 3. The summed E-state index contributed by atoms with van der Waals surface area (Å²) in [4.78, 5) is 17.3. The van der Waals surface area contributed by atoms with Crippen LogP contribution < -0.4 is 15.4 Å². The molecule has 0 bridgehead atoms. The molecule has 0 radical (unpaired) electrons. The molecule has 66 heavy (non-hydrogen) atoms. The van der Waals surface area contributed by atoms with E-state index >= 15 is 0 Å². The molecule has 4 aromatic rings. The summed E-state index contributed by atoms with van der Waals surface area (Å²) in [5.41, 5.74) is -1.13. The van der Waals surface area contributed by atoms with Gasteiger partial charge in [0.25, 0.3) is 0 Å². The number of halogens is 5. The van der Waals surface area contributed by atoms with Crippen LogP contribution in [0.3, 0.4) is 0 Å². The van der Waals surface area contributed by atoms with Crippen molar-refractivity contribution in [3.63, 3.8) is 0 Å². The Hall–Kier alpha value is -3.74. The van der Waals surface area contributed by atoms with Gasteiger partial charge in [0.2, 0.25) is 11.8 Å². The van der Waals surface area contributed by atoms with Crippen LogP contribution in [0.15, 0.2) is 72.8 Å². The van der Waals surface area contributed by atoms with Crippen LogP contribution in [0.1, 0.15) is 93.2 Å². The summed E-state index contributed by atoms with van der Waals surface area (Å²) in [6.45, 7) is 2.94. The Morgan fingerprint density at radius 3 is 2.17 bits per heavy atom. The molecule has 0 spiro atoms. The predicted molar refractivity (Wildman–Crippen MR) is 251 cm³/mol. The first-order valence-electron chi connectivity index (χ1n) is 22.9. The molecule has 2 heterocycles. The summed E-state index contributed by atoms with van der Waals surface area (Å²) in [6, 6.07) is 22.6. The zero-order valence-electron chi connectivity index (χ0n) is 37.1. The number of aliphatic hydroxyl groups is 1. The number of unbranched alkanes of at least 4 members (excludes halogenated alkanes) is 2. The molecular weight excluding hydrogens is 921 g/mol. The minimum Gasteiger partial charge on any atom is -0.478 e. The largest absolute Gasteiger partial charge is 0.511 e. The number of hydrogen-bond acceptors (Lipinski definition) is 10. The molecule has 18 heteroatoms.